The molecule has 2 aromatic rings. The van der Waals surface area contributed by atoms with Crippen molar-refractivity contribution in [2.75, 3.05) is 13.2 Å². The number of carbonyl (C=O) groups excluding carboxylic acids is 1. The Labute approximate surface area is 141 Å². The molecule has 2 amide bonds. The van der Waals surface area contributed by atoms with Crippen LogP contribution in [0.15, 0.2) is 54.6 Å². The number of urea groups is 1. The van der Waals surface area contributed by atoms with Gasteiger partial charge in [0.2, 0.25) is 0 Å². The van der Waals surface area contributed by atoms with E-state index >= 15 is 0 Å². The highest BCUT2D eigenvalue weighted by atomic mass is 16.5. The highest BCUT2D eigenvalue weighted by Gasteiger charge is 2.31. The fourth-order valence-corrected chi connectivity index (χ4v) is 2.57. The molecule has 5 nitrogen and oxygen atoms in total. The van der Waals surface area contributed by atoms with E-state index in [2.05, 4.69) is 5.32 Å². The zero-order valence-corrected chi connectivity index (χ0v) is 13.5. The summed E-state index contributed by atoms with van der Waals surface area (Å²) in [5, 5.41) is 12.0. The molecule has 24 heavy (non-hydrogen) atoms. The van der Waals surface area contributed by atoms with E-state index < -0.39 is 0 Å². The molecule has 0 spiro atoms. The smallest absolute Gasteiger partial charge is 0.317 e. The molecule has 1 saturated carbocycles. The Balaban J connectivity index is 1.57. The van der Waals surface area contributed by atoms with Gasteiger partial charge in [0, 0.05) is 19.1 Å². The molecule has 0 bridgehead atoms. The van der Waals surface area contributed by atoms with E-state index in [9.17, 15) is 4.79 Å². The Morgan fingerprint density at radius 2 is 1.88 bits per heavy atom. The number of rotatable bonds is 7. The van der Waals surface area contributed by atoms with E-state index in [4.69, 9.17) is 9.84 Å². The van der Waals surface area contributed by atoms with Gasteiger partial charge in [0.05, 0.1) is 6.61 Å². The summed E-state index contributed by atoms with van der Waals surface area (Å²) in [6.07, 6.45) is 2.04. The van der Waals surface area contributed by atoms with Crippen molar-refractivity contribution in [1.29, 1.82) is 0 Å². The van der Waals surface area contributed by atoms with Crippen LogP contribution < -0.4 is 10.1 Å². The first-order valence-corrected chi connectivity index (χ1v) is 8.23. The van der Waals surface area contributed by atoms with Crippen LogP contribution in [-0.2, 0) is 6.54 Å². The summed E-state index contributed by atoms with van der Waals surface area (Å²) in [4.78, 5) is 13.9. The number of amides is 2. The minimum Gasteiger partial charge on any atom is -0.457 e. The average Bonchev–Trinajstić information content (AvgIpc) is 3.44. The van der Waals surface area contributed by atoms with E-state index in [-0.39, 0.29) is 18.7 Å². The van der Waals surface area contributed by atoms with Crippen molar-refractivity contribution < 1.29 is 14.6 Å². The van der Waals surface area contributed by atoms with Crippen molar-refractivity contribution in [2.24, 2.45) is 0 Å². The van der Waals surface area contributed by atoms with Crippen LogP contribution in [0.5, 0.6) is 11.5 Å². The third kappa shape index (κ3) is 4.49. The lowest BCUT2D eigenvalue weighted by atomic mass is 10.2. The summed E-state index contributed by atoms with van der Waals surface area (Å²) in [5.41, 5.74) is 0.969. The fourth-order valence-electron chi connectivity index (χ4n) is 2.57. The predicted molar refractivity (Wildman–Crippen MR) is 92.0 cm³/mol. The summed E-state index contributed by atoms with van der Waals surface area (Å²) < 4.78 is 5.80. The molecule has 2 N–H and O–H groups in total. The quantitative estimate of drug-likeness (QED) is 0.822. The Bertz CT molecular complexity index is 671. The first-order chi connectivity index (χ1) is 11.8. The highest BCUT2D eigenvalue weighted by Crippen LogP contribution is 2.26. The van der Waals surface area contributed by atoms with Crippen LogP contribution in [0.2, 0.25) is 0 Å². The number of aliphatic hydroxyl groups is 1. The van der Waals surface area contributed by atoms with Gasteiger partial charge in [-0.1, -0.05) is 30.3 Å². The van der Waals surface area contributed by atoms with Gasteiger partial charge in [0.25, 0.3) is 0 Å². The third-order valence-electron chi connectivity index (χ3n) is 3.91. The second-order valence-corrected chi connectivity index (χ2v) is 5.87. The largest absolute Gasteiger partial charge is 0.457 e. The number of nitrogens with one attached hydrogen (secondary N) is 1. The Morgan fingerprint density at radius 3 is 2.58 bits per heavy atom. The fraction of sp³-hybridized carbons (Fsp3) is 0.316. The van der Waals surface area contributed by atoms with Gasteiger partial charge in [-0.3, -0.25) is 0 Å². The molecule has 2 aromatic carbocycles. The van der Waals surface area contributed by atoms with Crippen molar-refractivity contribution in [3.63, 3.8) is 0 Å². The number of aliphatic hydroxyl groups excluding tert-OH is 1. The van der Waals surface area contributed by atoms with E-state index in [1.807, 2.05) is 54.6 Å². The first-order valence-electron chi connectivity index (χ1n) is 8.23. The summed E-state index contributed by atoms with van der Waals surface area (Å²) in [6, 6.07) is 17.4. The van der Waals surface area contributed by atoms with Crippen LogP contribution >= 0.6 is 0 Å². The Hall–Kier alpha value is -2.53. The molecule has 0 atom stereocenters. The Morgan fingerprint density at radius 1 is 1.12 bits per heavy atom. The van der Waals surface area contributed by atoms with Crippen LogP contribution in [0.25, 0.3) is 0 Å². The lowest BCUT2D eigenvalue weighted by molar-refractivity contribution is 0.173. The molecular weight excluding hydrogens is 304 g/mol. The van der Waals surface area contributed by atoms with Crippen molar-refractivity contribution in [2.45, 2.75) is 25.4 Å². The third-order valence-corrected chi connectivity index (χ3v) is 3.91. The van der Waals surface area contributed by atoms with E-state index in [0.29, 0.717) is 13.1 Å². The van der Waals surface area contributed by atoms with Crippen molar-refractivity contribution in [1.82, 2.24) is 10.2 Å². The molecule has 3 rings (SSSR count). The second kappa shape index (κ2) is 7.84. The van der Waals surface area contributed by atoms with Gasteiger partial charge in [-0.25, -0.2) is 4.79 Å². The molecule has 0 aromatic heterocycles. The number of ether oxygens (including phenoxy) is 1. The number of nitrogens with zero attached hydrogens (tertiary/aromatic N) is 1. The zero-order valence-electron chi connectivity index (χ0n) is 13.5. The van der Waals surface area contributed by atoms with Crippen LogP contribution in [0.4, 0.5) is 4.79 Å². The van der Waals surface area contributed by atoms with Gasteiger partial charge < -0.3 is 20.1 Å². The second-order valence-electron chi connectivity index (χ2n) is 5.87. The number of benzene rings is 2. The summed E-state index contributed by atoms with van der Waals surface area (Å²) in [7, 11) is 0. The molecule has 1 aliphatic rings. The van der Waals surface area contributed by atoms with Gasteiger partial charge in [-0.2, -0.15) is 0 Å². The molecular formula is C19H22N2O3. The molecule has 1 fully saturated rings. The average molecular weight is 326 g/mol. The molecule has 0 radical (unpaired) electrons. The Kier molecular flexibility index (Phi) is 5.33. The highest BCUT2D eigenvalue weighted by molar-refractivity contribution is 5.75. The predicted octanol–water partition coefficient (Wildman–Crippen LogP) is 3.15. The lowest BCUT2D eigenvalue weighted by Crippen LogP contribution is -2.42. The first kappa shape index (κ1) is 16.3. The maximum absolute atomic E-state index is 12.2. The lowest BCUT2D eigenvalue weighted by Gasteiger charge is -2.21. The zero-order chi connectivity index (χ0) is 16.8. The number of carbonyl (C=O) groups is 1. The molecule has 5 heteroatoms. The topological polar surface area (TPSA) is 61.8 Å². The monoisotopic (exact) mass is 326 g/mol. The molecule has 1 aliphatic carbocycles. The normalized spacial score (nSPS) is 13.4. The van der Waals surface area contributed by atoms with Crippen molar-refractivity contribution in [3.05, 3.63) is 60.2 Å². The molecule has 0 unspecified atom stereocenters. The summed E-state index contributed by atoms with van der Waals surface area (Å²) in [6.45, 7) is 0.803. The molecule has 126 valence electrons. The number of hydrogen-bond donors (Lipinski definition) is 2. The van der Waals surface area contributed by atoms with Gasteiger partial charge >= 0.3 is 6.03 Å². The molecule has 0 heterocycles. The van der Waals surface area contributed by atoms with Gasteiger partial charge in [0.1, 0.15) is 11.5 Å². The van der Waals surface area contributed by atoms with Gasteiger partial charge in [-0.15, -0.1) is 0 Å². The maximum Gasteiger partial charge on any atom is 0.317 e. The van der Waals surface area contributed by atoms with Gasteiger partial charge in [0.15, 0.2) is 0 Å². The standard InChI is InChI=1S/C19H22N2O3/c22-12-11-21(16-9-10-16)19(23)20-14-15-5-4-8-18(13-15)24-17-6-2-1-3-7-17/h1-8,13,16,22H,9-12,14H2,(H,20,23). The van der Waals surface area contributed by atoms with Crippen LogP contribution in [0, 0.1) is 0 Å². The summed E-state index contributed by atoms with van der Waals surface area (Å²) in [5.74, 6) is 1.52. The van der Waals surface area contributed by atoms with Crippen LogP contribution in [0.1, 0.15) is 18.4 Å². The van der Waals surface area contributed by atoms with Gasteiger partial charge in [-0.05, 0) is 42.7 Å². The van der Waals surface area contributed by atoms with Crippen molar-refractivity contribution in [3.8, 4) is 11.5 Å². The van der Waals surface area contributed by atoms with E-state index in [1.54, 1.807) is 4.90 Å². The maximum atomic E-state index is 12.2. The minimum absolute atomic E-state index is 0.00960. The molecule has 0 saturated heterocycles. The molecule has 0 aliphatic heterocycles. The summed E-state index contributed by atoms with van der Waals surface area (Å²) >= 11 is 0. The van der Waals surface area contributed by atoms with Crippen molar-refractivity contribution >= 4 is 6.03 Å². The number of hydrogen-bond acceptors (Lipinski definition) is 3. The van der Waals surface area contributed by atoms with E-state index in [0.717, 1.165) is 29.9 Å². The van der Waals surface area contributed by atoms with Crippen LogP contribution in [0.3, 0.4) is 0 Å². The van der Waals surface area contributed by atoms with Crippen LogP contribution in [-0.4, -0.2) is 35.2 Å². The van der Waals surface area contributed by atoms with E-state index in [1.165, 1.54) is 0 Å². The number of para-hydroxylation sites is 1. The minimum atomic E-state index is -0.124. The SMILES string of the molecule is O=C(NCc1cccc(Oc2ccccc2)c1)N(CCO)C1CC1.